The molecule has 3 heterocycles. The minimum absolute atomic E-state index is 0.0669. The number of aliphatic carboxylic acids is 1. The van der Waals surface area contributed by atoms with E-state index in [4.69, 9.17) is 14.6 Å². The molecule has 1 aromatic heterocycles. The lowest BCUT2D eigenvalue weighted by Crippen LogP contribution is -2.43. The third-order valence-electron chi connectivity index (χ3n) is 5.63. The molecule has 12 heteroatoms. The van der Waals surface area contributed by atoms with Crippen molar-refractivity contribution in [2.75, 3.05) is 11.9 Å². The molecule has 6 nitrogen and oxygen atoms in total. The lowest BCUT2D eigenvalue weighted by atomic mass is 10.0. The number of amides is 1. The molecule has 186 valence electrons. The van der Waals surface area contributed by atoms with Crippen LogP contribution in [-0.4, -0.2) is 48.6 Å². The van der Waals surface area contributed by atoms with E-state index in [1.54, 1.807) is 7.05 Å². The number of ether oxygens (including phenoxy) is 1. The second-order valence-corrected chi connectivity index (χ2v) is 9.04. The number of thiophene rings is 1. The first-order valence-electron chi connectivity index (χ1n) is 10.4. The van der Waals surface area contributed by atoms with Crippen molar-refractivity contribution in [1.29, 1.82) is 0 Å². The number of nitrogens with zero attached hydrogens (tertiary/aromatic N) is 1. The van der Waals surface area contributed by atoms with Crippen molar-refractivity contribution in [3.05, 3.63) is 52.4 Å². The summed E-state index contributed by atoms with van der Waals surface area (Å²) < 4.78 is 64.9. The van der Waals surface area contributed by atoms with E-state index in [0.717, 1.165) is 43.4 Å². The van der Waals surface area contributed by atoms with Gasteiger partial charge in [0.15, 0.2) is 0 Å². The second kappa shape index (κ2) is 10.7. The van der Waals surface area contributed by atoms with Crippen molar-refractivity contribution in [3.8, 4) is 0 Å². The maximum absolute atomic E-state index is 14.0. The van der Waals surface area contributed by atoms with Gasteiger partial charge in [0.1, 0.15) is 22.7 Å². The summed E-state index contributed by atoms with van der Waals surface area (Å²) in [5.41, 5.74) is 1.04. The highest BCUT2D eigenvalue weighted by Gasteiger charge is 2.38. The molecule has 2 atom stereocenters. The van der Waals surface area contributed by atoms with Gasteiger partial charge in [-0.1, -0.05) is 0 Å². The lowest BCUT2D eigenvalue weighted by Gasteiger charge is -2.30. The standard InChI is InChI=1S/C20H22F2N2O2S.C2HF3O2/c1-24(20(25)26-17-10-15-3-4-16(11-17)23-15)19-12(6-7-27-19)8-13-9-14(21)2-5-18(13)22;3-2(4,5)1(6)7/h2,5-7,9,15-17,23H,3-4,8,10-11H2,1H3;(H,6,7). The molecule has 0 saturated carbocycles. The van der Waals surface area contributed by atoms with Crippen LogP contribution in [0.3, 0.4) is 0 Å². The average Bonchev–Trinajstić information content (AvgIpc) is 3.35. The van der Waals surface area contributed by atoms with E-state index in [0.29, 0.717) is 17.1 Å². The Morgan fingerprint density at radius 2 is 1.76 bits per heavy atom. The smallest absolute Gasteiger partial charge is 0.475 e. The lowest BCUT2D eigenvalue weighted by molar-refractivity contribution is -0.192. The number of carbonyl (C=O) groups is 2. The third kappa shape index (κ3) is 6.66. The number of anilines is 1. The van der Waals surface area contributed by atoms with Gasteiger partial charge in [0, 0.05) is 25.6 Å². The Morgan fingerprint density at radius 3 is 2.35 bits per heavy atom. The van der Waals surface area contributed by atoms with Crippen LogP contribution < -0.4 is 10.2 Å². The highest BCUT2D eigenvalue weighted by molar-refractivity contribution is 7.14. The van der Waals surface area contributed by atoms with Crippen molar-refractivity contribution >= 4 is 28.4 Å². The number of fused-ring (bicyclic) bond motifs is 2. The largest absolute Gasteiger partial charge is 0.490 e. The number of rotatable bonds is 4. The number of carboxylic acid groups (broad SMARTS) is 1. The maximum Gasteiger partial charge on any atom is 0.490 e. The summed E-state index contributed by atoms with van der Waals surface area (Å²) in [5.74, 6) is -3.69. The topological polar surface area (TPSA) is 78.9 Å². The van der Waals surface area contributed by atoms with Crippen LogP contribution in [0.15, 0.2) is 29.6 Å². The zero-order chi connectivity index (χ0) is 25.0. The summed E-state index contributed by atoms with van der Waals surface area (Å²) in [5, 5.41) is 13.2. The Kier molecular flexibility index (Phi) is 8.13. The summed E-state index contributed by atoms with van der Waals surface area (Å²) >= 11 is 1.39. The van der Waals surface area contributed by atoms with E-state index < -0.39 is 29.9 Å². The fraction of sp³-hybridized carbons (Fsp3) is 0.455. The van der Waals surface area contributed by atoms with Crippen molar-refractivity contribution in [3.63, 3.8) is 0 Å². The van der Waals surface area contributed by atoms with Crippen LogP contribution in [0.25, 0.3) is 0 Å². The molecule has 1 aromatic carbocycles. The first kappa shape index (κ1) is 25.9. The van der Waals surface area contributed by atoms with Gasteiger partial charge in [-0.15, -0.1) is 11.3 Å². The Bertz CT molecular complexity index is 1020. The fourth-order valence-electron chi connectivity index (χ4n) is 4.05. The Balaban J connectivity index is 0.000000406. The average molecular weight is 506 g/mol. The Morgan fingerprint density at radius 1 is 1.15 bits per heavy atom. The predicted octanol–water partition coefficient (Wildman–Crippen LogP) is 5.11. The van der Waals surface area contributed by atoms with Crippen molar-refractivity contribution in [1.82, 2.24) is 5.32 Å². The monoisotopic (exact) mass is 506 g/mol. The first-order chi connectivity index (χ1) is 15.9. The molecule has 2 fully saturated rings. The molecule has 1 amide bonds. The molecule has 0 radical (unpaired) electrons. The van der Waals surface area contributed by atoms with E-state index in [-0.39, 0.29) is 18.1 Å². The van der Waals surface area contributed by atoms with Crippen LogP contribution in [0.5, 0.6) is 0 Å². The SMILES string of the molecule is CN(C(=O)OC1CC2CCC(C1)N2)c1sccc1Cc1cc(F)ccc1F.O=C(O)C(F)(F)F. The van der Waals surface area contributed by atoms with Crippen LogP contribution in [0.4, 0.5) is 31.7 Å². The van der Waals surface area contributed by atoms with Crippen LogP contribution in [-0.2, 0) is 16.0 Å². The van der Waals surface area contributed by atoms with Gasteiger partial charge in [0.05, 0.1) is 0 Å². The van der Waals surface area contributed by atoms with Gasteiger partial charge < -0.3 is 15.2 Å². The van der Waals surface area contributed by atoms with Crippen LogP contribution in [0.1, 0.15) is 36.8 Å². The first-order valence-corrected chi connectivity index (χ1v) is 11.3. The van der Waals surface area contributed by atoms with E-state index >= 15 is 0 Å². The summed E-state index contributed by atoms with van der Waals surface area (Å²) in [6, 6.07) is 6.14. The minimum Gasteiger partial charge on any atom is -0.475 e. The van der Waals surface area contributed by atoms with Crippen LogP contribution >= 0.6 is 11.3 Å². The van der Waals surface area contributed by atoms with E-state index in [2.05, 4.69) is 5.32 Å². The Labute approximate surface area is 196 Å². The number of alkyl halides is 3. The summed E-state index contributed by atoms with van der Waals surface area (Å²) in [6.07, 6.45) is -1.35. The van der Waals surface area contributed by atoms with Gasteiger partial charge in [-0.05, 0) is 66.5 Å². The number of carbonyl (C=O) groups excluding carboxylic acids is 1. The molecule has 2 aromatic rings. The molecular weight excluding hydrogens is 483 g/mol. The number of piperidine rings is 1. The second-order valence-electron chi connectivity index (χ2n) is 8.14. The van der Waals surface area contributed by atoms with Crippen LogP contribution in [0.2, 0.25) is 0 Å². The molecule has 2 aliphatic rings. The number of nitrogens with one attached hydrogen (secondary N) is 1. The molecule has 2 saturated heterocycles. The molecule has 4 rings (SSSR count). The molecule has 2 N–H and O–H groups in total. The number of hydrogen-bond acceptors (Lipinski definition) is 5. The van der Waals surface area contributed by atoms with Gasteiger partial charge in [-0.3, -0.25) is 4.90 Å². The third-order valence-corrected chi connectivity index (χ3v) is 6.66. The molecule has 0 spiro atoms. The van der Waals surface area contributed by atoms with Crippen LogP contribution in [0, 0.1) is 11.6 Å². The molecule has 34 heavy (non-hydrogen) atoms. The summed E-state index contributed by atoms with van der Waals surface area (Å²) in [6.45, 7) is 0. The molecular formula is C22H23F5N2O4S. The highest BCUT2D eigenvalue weighted by Crippen LogP contribution is 2.32. The normalized spacial score (nSPS) is 21.4. The fourth-order valence-corrected chi connectivity index (χ4v) is 4.93. The minimum atomic E-state index is -5.08. The van der Waals surface area contributed by atoms with Gasteiger partial charge >= 0.3 is 18.2 Å². The van der Waals surface area contributed by atoms with Gasteiger partial charge in [-0.25, -0.2) is 18.4 Å². The maximum atomic E-state index is 14.0. The highest BCUT2D eigenvalue weighted by atomic mass is 32.1. The molecule has 2 aliphatic heterocycles. The summed E-state index contributed by atoms with van der Waals surface area (Å²) in [4.78, 5) is 23.0. The number of carboxylic acids is 1. The van der Waals surface area contributed by atoms with Gasteiger partial charge in [0.25, 0.3) is 0 Å². The van der Waals surface area contributed by atoms with Crippen molar-refractivity contribution in [2.45, 2.75) is 56.5 Å². The quantitative estimate of drug-likeness (QED) is 0.564. The number of hydrogen-bond donors (Lipinski definition) is 2. The zero-order valence-electron chi connectivity index (χ0n) is 18.1. The van der Waals surface area contributed by atoms with Crippen molar-refractivity contribution in [2.24, 2.45) is 0 Å². The molecule has 2 unspecified atom stereocenters. The Hall–Kier alpha value is -2.73. The van der Waals surface area contributed by atoms with Gasteiger partial charge in [0.2, 0.25) is 0 Å². The molecule has 0 aliphatic carbocycles. The molecule has 2 bridgehead atoms. The van der Waals surface area contributed by atoms with E-state index in [1.165, 1.54) is 22.3 Å². The number of benzene rings is 1. The van der Waals surface area contributed by atoms with Gasteiger partial charge in [-0.2, -0.15) is 13.2 Å². The van der Waals surface area contributed by atoms with E-state index in [9.17, 15) is 26.7 Å². The zero-order valence-corrected chi connectivity index (χ0v) is 18.9. The summed E-state index contributed by atoms with van der Waals surface area (Å²) in [7, 11) is 1.66. The number of halogens is 5. The van der Waals surface area contributed by atoms with E-state index in [1.807, 2.05) is 11.4 Å². The predicted molar refractivity (Wildman–Crippen MR) is 115 cm³/mol. The van der Waals surface area contributed by atoms with Crippen molar-refractivity contribution < 1.29 is 41.4 Å².